The Morgan fingerprint density at radius 3 is 2.47 bits per heavy atom. The number of hydrogen-bond acceptors (Lipinski definition) is 0. The van der Waals surface area contributed by atoms with E-state index in [-0.39, 0.29) is 0 Å². The van der Waals surface area contributed by atoms with Crippen molar-refractivity contribution in [2.45, 2.75) is 71.1 Å². The van der Waals surface area contributed by atoms with Gasteiger partial charge in [-0.1, -0.05) is 96.1 Å². The van der Waals surface area contributed by atoms with Crippen LogP contribution in [0.2, 0.25) is 0 Å². The molecule has 1 fully saturated rings. The monoisotopic (exact) mass is 470 g/mol. The van der Waals surface area contributed by atoms with Gasteiger partial charge in [-0.2, -0.15) is 0 Å². The summed E-state index contributed by atoms with van der Waals surface area (Å²) in [4.78, 5) is 0. The average molecular weight is 471 g/mol. The predicted octanol–water partition coefficient (Wildman–Crippen LogP) is 9.49. The van der Waals surface area contributed by atoms with Crippen molar-refractivity contribution < 1.29 is 0 Å². The van der Waals surface area contributed by atoms with E-state index in [9.17, 15) is 0 Å². The molecule has 0 aliphatic heterocycles. The van der Waals surface area contributed by atoms with Crippen LogP contribution in [-0.2, 0) is 19.3 Å². The predicted molar refractivity (Wildman–Crippen MR) is 154 cm³/mol. The second kappa shape index (κ2) is 9.40. The zero-order valence-corrected chi connectivity index (χ0v) is 22.0. The second-order valence-corrected chi connectivity index (χ2v) is 11.5. The summed E-state index contributed by atoms with van der Waals surface area (Å²) in [5.41, 5.74) is 17.6. The van der Waals surface area contributed by atoms with Crippen LogP contribution in [0.3, 0.4) is 0 Å². The summed E-state index contributed by atoms with van der Waals surface area (Å²) in [6, 6.07) is 20.9. The highest BCUT2D eigenvalue weighted by molar-refractivity contribution is 5.80. The summed E-state index contributed by atoms with van der Waals surface area (Å²) in [5, 5.41) is 0. The molecule has 182 valence electrons. The standard InChI is InChI=1S/C36H38/c1-23-17-26(4)34(22-30-11-7-10-28-9-5-6-13-31(28)30)36(18-23)32-14-8-12-29-19-27(21-35(29)32)20-33-24(2)15-16-25(33)3/h5-6,8-9,12-14,17-19,30,33H,2-3,7,10-11,15-16,20-22H2,1,4H3/t30-/m0/s1. The molecule has 0 N–H and O–H groups in total. The van der Waals surface area contributed by atoms with Gasteiger partial charge in [0.25, 0.3) is 0 Å². The van der Waals surface area contributed by atoms with Crippen molar-refractivity contribution in [2.24, 2.45) is 5.92 Å². The summed E-state index contributed by atoms with van der Waals surface area (Å²) in [5.74, 6) is 1.08. The van der Waals surface area contributed by atoms with Gasteiger partial charge < -0.3 is 0 Å². The number of fused-ring (bicyclic) bond motifs is 2. The first-order valence-corrected chi connectivity index (χ1v) is 13.8. The lowest BCUT2D eigenvalue weighted by molar-refractivity contribution is 0.550. The van der Waals surface area contributed by atoms with Gasteiger partial charge in [-0.05, 0) is 116 Å². The topological polar surface area (TPSA) is 0 Å². The second-order valence-electron chi connectivity index (χ2n) is 11.5. The minimum atomic E-state index is 0.470. The third-order valence-corrected chi connectivity index (χ3v) is 9.05. The van der Waals surface area contributed by atoms with Crippen LogP contribution in [-0.4, -0.2) is 0 Å². The molecule has 0 radical (unpaired) electrons. The van der Waals surface area contributed by atoms with E-state index in [1.807, 2.05) is 0 Å². The first kappa shape index (κ1) is 23.3. The van der Waals surface area contributed by atoms with Gasteiger partial charge in [-0.25, -0.2) is 0 Å². The number of hydrogen-bond donors (Lipinski definition) is 0. The highest BCUT2D eigenvalue weighted by atomic mass is 14.3. The van der Waals surface area contributed by atoms with E-state index in [2.05, 4.69) is 87.7 Å². The molecule has 1 saturated carbocycles. The molecular weight excluding hydrogens is 432 g/mol. The molecule has 0 bridgehead atoms. The van der Waals surface area contributed by atoms with Crippen LogP contribution in [0.4, 0.5) is 0 Å². The maximum atomic E-state index is 4.36. The lowest BCUT2D eigenvalue weighted by Gasteiger charge is -2.27. The van der Waals surface area contributed by atoms with Crippen LogP contribution < -0.4 is 0 Å². The summed E-state index contributed by atoms with van der Waals surface area (Å²) in [6.07, 6.45) is 11.8. The molecule has 3 aromatic rings. The smallest absolute Gasteiger partial charge is 0.00392 e. The Morgan fingerprint density at radius 2 is 1.64 bits per heavy atom. The van der Waals surface area contributed by atoms with Gasteiger partial charge in [0.15, 0.2) is 0 Å². The van der Waals surface area contributed by atoms with Crippen LogP contribution in [0.1, 0.15) is 77.0 Å². The van der Waals surface area contributed by atoms with Gasteiger partial charge >= 0.3 is 0 Å². The maximum absolute atomic E-state index is 4.36. The van der Waals surface area contributed by atoms with E-state index >= 15 is 0 Å². The van der Waals surface area contributed by atoms with E-state index in [0.717, 1.165) is 32.1 Å². The molecule has 3 aliphatic rings. The number of benzene rings is 3. The van der Waals surface area contributed by atoms with Crippen molar-refractivity contribution in [1.29, 1.82) is 0 Å². The van der Waals surface area contributed by atoms with Gasteiger partial charge in [-0.3, -0.25) is 0 Å². The van der Waals surface area contributed by atoms with Crippen molar-refractivity contribution in [1.82, 2.24) is 0 Å². The molecule has 0 spiro atoms. The summed E-state index contributed by atoms with van der Waals surface area (Å²) in [7, 11) is 0. The van der Waals surface area contributed by atoms with Crippen LogP contribution in [0.5, 0.6) is 0 Å². The van der Waals surface area contributed by atoms with E-state index in [1.165, 1.54) is 63.8 Å². The molecule has 3 aromatic carbocycles. The van der Waals surface area contributed by atoms with Crippen LogP contribution in [0.15, 0.2) is 84.5 Å². The van der Waals surface area contributed by atoms with Gasteiger partial charge in [0, 0.05) is 5.92 Å². The molecular formula is C36H38. The van der Waals surface area contributed by atoms with Gasteiger partial charge in [0.2, 0.25) is 0 Å². The molecule has 36 heavy (non-hydrogen) atoms. The normalized spacial score (nSPS) is 19.4. The fourth-order valence-corrected chi connectivity index (χ4v) is 7.15. The minimum Gasteiger partial charge on any atom is -0.0992 e. The van der Waals surface area contributed by atoms with Gasteiger partial charge in [0.1, 0.15) is 0 Å². The van der Waals surface area contributed by atoms with E-state index in [0.29, 0.717) is 11.8 Å². The Balaban J connectivity index is 1.35. The van der Waals surface area contributed by atoms with Crippen LogP contribution in [0.25, 0.3) is 17.2 Å². The summed E-state index contributed by atoms with van der Waals surface area (Å²) in [6.45, 7) is 13.3. The molecule has 0 saturated heterocycles. The Hall–Kier alpha value is -3.12. The summed E-state index contributed by atoms with van der Waals surface area (Å²) < 4.78 is 0. The van der Waals surface area contributed by atoms with E-state index < -0.39 is 0 Å². The largest absolute Gasteiger partial charge is 0.0992 e. The highest BCUT2D eigenvalue weighted by Crippen LogP contribution is 2.44. The molecule has 0 heteroatoms. The molecule has 3 aliphatic carbocycles. The first-order valence-electron chi connectivity index (χ1n) is 13.8. The molecule has 0 amide bonds. The molecule has 0 unspecified atom stereocenters. The molecule has 0 heterocycles. The van der Waals surface area contributed by atoms with Gasteiger partial charge in [-0.15, -0.1) is 0 Å². The zero-order chi connectivity index (χ0) is 24.8. The molecule has 0 aromatic heterocycles. The molecule has 1 atom stereocenters. The highest BCUT2D eigenvalue weighted by Gasteiger charge is 2.28. The molecule has 0 nitrogen and oxygen atoms in total. The van der Waals surface area contributed by atoms with Crippen molar-refractivity contribution in [2.75, 3.05) is 0 Å². The van der Waals surface area contributed by atoms with E-state index in [4.69, 9.17) is 0 Å². The lowest BCUT2D eigenvalue weighted by atomic mass is 9.77. The van der Waals surface area contributed by atoms with Crippen molar-refractivity contribution >= 4 is 6.08 Å². The Kier molecular flexibility index (Phi) is 6.08. The van der Waals surface area contributed by atoms with E-state index in [1.54, 1.807) is 22.3 Å². The van der Waals surface area contributed by atoms with Crippen molar-refractivity contribution in [3.8, 4) is 11.1 Å². The lowest BCUT2D eigenvalue weighted by Crippen LogP contribution is -2.13. The fraction of sp³-hybridized carbons (Fsp3) is 0.333. The van der Waals surface area contributed by atoms with Crippen molar-refractivity contribution in [3.05, 3.63) is 123 Å². The van der Waals surface area contributed by atoms with Crippen LogP contribution >= 0.6 is 0 Å². The summed E-state index contributed by atoms with van der Waals surface area (Å²) >= 11 is 0. The number of allylic oxidation sites excluding steroid dienone is 3. The molecule has 6 rings (SSSR count). The maximum Gasteiger partial charge on any atom is 0.00392 e. The van der Waals surface area contributed by atoms with Crippen LogP contribution in [0, 0.1) is 19.8 Å². The zero-order valence-electron chi connectivity index (χ0n) is 22.0. The first-order chi connectivity index (χ1) is 17.5. The average Bonchev–Trinajstić information content (AvgIpc) is 3.43. The van der Waals surface area contributed by atoms with Crippen molar-refractivity contribution in [3.63, 3.8) is 0 Å². The third-order valence-electron chi connectivity index (χ3n) is 9.05. The van der Waals surface area contributed by atoms with Gasteiger partial charge in [0.05, 0.1) is 0 Å². The fourth-order valence-electron chi connectivity index (χ4n) is 7.15. The Morgan fingerprint density at radius 1 is 0.833 bits per heavy atom. The third kappa shape index (κ3) is 4.21. The Bertz CT molecular complexity index is 1380. The SMILES string of the molecule is C=C1CCC(=C)C1CC1=Cc2cccc(-c3cc(C)cc(C)c3C[C@@H]3CCCc4ccccc43)c2C1. The number of aryl methyl sites for hydroxylation is 3. The minimum absolute atomic E-state index is 0.470. The Labute approximate surface area is 217 Å². The quantitative estimate of drug-likeness (QED) is 0.326. The number of rotatable bonds is 5.